The van der Waals surface area contributed by atoms with Gasteiger partial charge in [-0.2, -0.15) is 0 Å². The molecule has 0 amide bonds. The molecule has 0 bridgehead atoms. The van der Waals surface area contributed by atoms with E-state index in [2.05, 4.69) is 33.0 Å². The molecule has 0 radical (unpaired) electrons. The van der Waals surface area contributed by atoms with Crippen LogP contribution in [-0.4, -0.2) is 13.6 Å². The van der Waals surface area contributed by atoms with Crippen molar-refractivity contribution >= 4 is 0 Å². The van der Waals surface area contributed by atoms with Crippen molar-refractivity contribution in [2.45, 2.75) is 47.0 Å². The summed E-state index contributed by atoms with van der Waals surface area (Å²) in [6.07, 6.45) is 3.91. The maximum atomic E-state index is 3.23. The number of hydrogen-bond donors (Lipinski definition) is 1. The first kappa shape index (κ1) is 12.0. The van der Waals surface area contributed by atoms with Gasteiger partial charge in [-0.05, 0) is 31.3 Å². The Morgan fingerprint density at radius 3 is 2.00 bits per heavy atom. The number of nitrogens with one attached hydrogen (secondary N) is 1. The van der Waals surface area contributed by atoms with Crippen LogP contribution in [0.2, 0.25) is 0 Å². The molecule has 0 rings (SSSR count). The zero-order chi connectivity index (χ0) is 9.61. The molecule has 0 atom stereocenters. The summed E-state index contributed by atoms with van der Waals surface area (Å²) < 4.78 is 0. The van der Waals surface area contributed by atoms with Gasteiger partial charge >= 0.3 is 0 Å². The summed E-state index contributed by atoms with van der Waals surface area (Å²) in [6, 6.07) is 0. The molecule has 12 heavy (non-hydrogen) atoms. The van der Waals surface area contributed by atoms with Crippen molar-refractivity contribution in [2.75, 3.05) is 13.6 Å². The van der Waals surface area contributed by atoms with Crippen molar-refractivity contribution in [3.63, 3.8) is 0 Å². The molecule has 0 heterocycles. The van der Waals surface area contributed by atoms with Gasteiger partial charge < -0.3 is 5.32 Å². The Morgan fingerprint density at radius 1 is 1.17 bits per heavy atom. The van der Waals surface area contributed by atoms with Gasteiger partial charge in [-0.15, -0.1) is 0 Å². The normalized spacial score (nSPS) is 12.5. The lowest BCUT2D eigenvalue weighted by atomic mass is 9.73. The summed E-state index contributed by atoms with van der Waals surface area (Å²) in [6.45, 7) is 10.5. The molecule has 74 valence electrons. The standard InChI is InChI=1S/C11H25N/c1-6-10(7-2)11(3,4)8-9-12-5/h10,12H,6-9H2,1-5H3. The lowest BCUT2D eigenvalue weighted by Crippen LogP contribution is -2.27. The molecular formula is C11H25N. The lowest BCUT2D eigenvalue weighted by Gasteiger charge is -2.33. The van der Waals surface area contributed by atoms with Crippen molar-refractivity contribution < 1.29 is 0 Å². The first-order chi connectivity index (χ1) is 5.58. The lowest BCUT2D eigenvalue weighted by molar-refractivity contribution is 0.183. The average Bonchev–Trinajstić information content (AvgIpc) is 2.03. The Hall–Kier alpha value is -0.0400. The topological polar surface area (TPSA) is 12.0 Å². The van der Waals surface area contributed by atoms with Crippen LogP contribution in [0.1, 0.15) is 47.0 Å². The molecule has 0 saturated heterocycles. The van der Waals surface area contributed by atoms with Gasteiger partial charge in [0.15, 0.2) is 0 Å². The van der Waals surface area contributed by atoms with Crippen LogP contribution in [0.4, 0.5) is 0 Å². The van der Waals surface area contributed by atoms with E-state index in [9.17, 15) is 0 Å². The van der Waals surface area contributed by atoms with Crippen LogP contribution in [0.15, 0.2) is 0 Å². The van der Waals surface area contributed by atoms with E-state index < -0.39 is 0 Å². The molecule has 0 unspecified atom stereocenters. The van der Waals surface area contributed by atoms with Crippen molar-refractivity contribution in [2.24, 2.45) is 11.3 Å². The third-order valence-corrected chi connectivity index (χ3v) is 3.11. The Bertz CT molecular complexity index is 104. The van der Waals surface area contributed by atoms with Gasteiger partial charge in [-0.3, -0.25) is 0 Å². The van der Waals surface area contributed by atoms with Crippen molar-refractivity contribution in [3.8, 4) is 0 Å². The largest absolute Gasteiger partial charge is 0.320 e. The molecule has 0 aromatic carbocycles. The van der Waals surface area contributed by atoms with Crippen LogP contribution in [0, 0.1) is 11.3 Å². The highest BCUT2D eigenvalue weighted by Gasteiger charge is 2.25. The summed E-state index contributed by atoms with van der Waals surface area (Å²) in [5.74, 6) is 0.880. The molecule has 0 aliphatic heterocycles. The summed E-state index contributed by atoms with van der Waals surface area (Å²) in [4.78, 5) is 0. The highest BCUT2D eigenvalue weighted by molar-refractivity contribution is 4.77. The maximum absolute atomic E-state index is 3.23. The van der Waals surface area contributed by atoms with Crippen LogP contribution in [-0.2, 0) is 0 Å². The minimum absolute atomic E-state index is 0.506. The Balaban J connectivity index is 3.96. The van der Waals surface area contributed by atoms with E-state index in [0.717, 1.165) is 12.5 Å². The molecule has 1 nitrogen and oxygen atoms in total. The van der Waals surface area contributed by atoms with Gasteiger partial charge in [0, 0.05) is 0 Å². The maximum Gasteiger partial charge on any atom is -0.00467 e. The van der Waals surface area contributed by atoms with Gasteiger partial charge in [-0.25, -0.2) is 0 Å². The quantitative estimate of drug-likeness (QED) is 0.647. The van der Waals surface area contributed by atoms with Crippen LogP contribution in [0.3, 0.4) is 0 Å². The van der Waals surface area contributed by atoms with E-state index >= 15 is 0 Å². The van der Waals surface area contributed by atoms with E-state index in [4.69, 9.17) is 0 Å². The molecule has 0 aromatic rings. The van der Waals surface area contributed by atoms with E-state index in [1.807, 2.05) is 7.05 Å². The number of hydrogen-bond acceptors (Lipinski definition) is 1. The predicted molar refractivity (Wildman–Crippen MR) is 56.4 cm³/mol. The highest BCUT2D eigenvalue weighted by Crippen LogP contribution is 2.34. The second-order valence-electron chi connectivity index (χ2n) is 4.36. The zero-order valence-electron chi connectivity index (χ0n) is 9.41. The van der Waals surface area contributed by atoms with E-state index in [1.54, 1.807) is 0 Å². The van der Waals surface area contributed by atoms with Crippen molar-refractivity contribution in [1.29, 1.82) is 0 Å². The molecule has 0 aliphatic carbocycles. The van der Waals surface area contributed by atoms with Crippen LogP contribution < -0.4 is 5.32 Å². The van der Waals surface area contributed by atoms with Gasteiger partial charge in [-0.1, -0.05) is 40.5 Å². The monoisotopic (exact) mass is 171 g/mol. The van der Waals surface area contributed by atoms with Crippen LogP contribution >= 0.6 is 0 Å². The third kappa shape index (κ3) is 3.57. The summed E-state index contributed by atoms with van der Waals surface area (Å²) in [5.41, 5.74) is 0.506. The minimum atomic E-state index is 0.506. The van der Waals surface area contributed by atoms with Gasteiger partial charge in [0.1, 0.15) is 0 Å². The third-order valence-electron chi connectivity index (χ3n) is 3.11. The molecule has 0 saturated carbocycles. The molecule has 1 heteroatoms. The molecule has 0 aromatic heterocycles. The second-order valence-corrected chi connectivity index (χ2v) is 4.36. The summed E-state index contributed by atoms with van der Waals surface area (Å²) in [7, 11) is 2.03. The van der Waals surface area contributed by atoms with E-state index in [-0.39, 0.29) is 0 Å². The average molecular weight is 171 g/mol. The summed E-state index contributed by atoms with van der Waals surface area (Å²) >= 11 is 0. The second kappa shape index (κ2) is 5.58. The van der Waals surface area contributed by atoms with Crippen molar-refractivity contribution in [3.05, 3.63) is 0 Å². The number of rotatable bonds is 6. The van der Waals surface area contributed by atoms with Gasteiger partial charge in [0.2, 0.25) is 0 Å². The Morgan fingerprint density at radius 2 is 1.67 bits per heavy atom. The molecule has 0 spiro atoms. The fourth-order valence-corrected chi connectivity index (χ4v) is 2.05. The minimum Gasteiger partial charge on any atom is -0.320 e. The van der Waals surface area contributed by atoms with Crippen molar-refractivity contribution in [1.82, 2.24) is 5.32 Å². The summed E-state index contributed by atoms with van der Waals surface area (Å²) in [5, 5.41) is 3.23. The molecule has 0 aliphatic rings. The predicted octanol–water partition coefficient (Wildman–Crippen LogP) is 3.06. The molecule has 0 fully saturated rings. The van der Waals surface area contributed by atoms with Crippen LogP contribution in [0.5, 0.6) is 0 Å². The Kier molecular flexibility index (Phi) is 5.56. The highest BCUT2D eigenvalue weighted by atomic mass is 14.8. The van der Waals surface area contributed by atoms with E-state index in [1.165, 1.54) is 19.3 Å². The first-order valence-corrected chi connectivity index (χ1v) is 5.23. The smallest absolute Gasteiger partial charge is 0.00467 e. The molecular weight excluding hydrogens is 146 g/mol. The fraction of sp³-hybridized carbons (Fsp3) is 1.00. The molecule has 1 N–H and O–H groups in total. The Labute approximate surface area is 77.9 Å². The van der Waals surface area contributed by atoms with Gasteiger partial charge in [0.05, 0.1) is 0 Å². The van der Waals surface area contributed by atoms with E-state index in [0.29, 0.717) is 5.41 Å². The fourth-order valence-electron chi connectivity index (χ4n) is 2.05. The zero-order valence-corrected chi connectivity index (χ0v) is 9.41. The van der Waals surface area contributed by atoms with Crippen LogP contribution in [0.25, 0.3) is 0 Å². The van der Waals surface area contributed by atoms with Gasteiger partial charge in [0.25, 0.3) is 0 Å². The SMILES string of the molecule is CCC(CC)C(C)(C)CCNC. The first-order valence-electron chi connectivity index (χ1n) is 5.23.